The summed E-state index contributed by atoms with van der Waals surface area (Å²) < 4.78 is 51.3. The second-order valence-corrected chi connectivity index (χ2v) is 9.42. The molecule has 0 atom stereocenters. The number of carbonyl (C=O) groups is 2. The first-order chi connectivity index (χ1) is 15.2. The van der Waals surface area contributed by atoms with Gasteiger partial charge in [-0.1, -0.05) is 18.0 Å². The molecule has 172 valence electrons. The average molecular weight is 485 g/mol. The molecule has 1 fully saturated rings. The average Bonchev–Trinajstić information content (AvgIpc) is 2.79. The molecule has 0 bridgehead atoms. The molecule has 0 radical (unpaired) electrons. The molecule has 1 aliphatic heterocycles. The molecule has 0 unspecified atom stereocenters. The summed E-state index contributed by atoms with van der Waals surface area (Å²) in [7, 11) is -2.46. The van der Waals surface area contributed by atoms with E-state index >= 15 is 0 Å². The van der Waals surface area contributed by atoms with Gasteiger partial charge in [0.05, 0.1) is 12.7 Å². The number of piperidine rings is 1. The van der Waals surface area contributed by atoms with E-state index in [-0.39, 0.29) is 21.4 Å². The number of carbonyl (C=O) groups excluding carboxylic acids is 2. The van der Waals surface area contributed by atoms with Gasteiger partial charge >= 0.3 is 5.97 Å². The highest BCUT2D eigenvalue weighted by atomic mass is 35.5. The van der Waals surface area contributed by atoms with Crippen molar-refractivity contribution < 1.29 is 31.9 Å². The van der Waals surface area contributed by atoms with Crippen LogP contribution in [-0.2, 0) is 19.6 Å². The SMILES string of the molecule is COc1ccc(NC(=O)COC(=O)c2cc(Cl)ccc2F)cc1S(=O)(=O)N1CCCCC1. The summed E-state index contributed by atoms with van der Waals surface area (Å²) >= 11 is 5.75. The van der Waals surface area contributed by atoms with Crippen molar-refractivity contribution in [2.75, 3.05) is 32.1 Å². The van der Waals surface area contributed by atoms with Crippen molar-refractivity contribution >= 4 is 39.2 Å². The molecular weight excluding hydrogens is 463 g/mol. The number of ether oxygens (including phenoxy) is 2. The molecular formula is C21H22ClFN2O6S. The number of anilines is 1. The minimum Gasteiger partial charge on any atom is -0.495 e. The van der Waals surface area contributed by atoms with Crippen LogP contribution in [0.1, 0.15) is 29.6 Å². The fourth-order valence-corrected chi connectivity index (χ4v) is 5.13. The van der Waals surface area contributed by atoms with Crippen LogP contribution < -0.4 is 10.1 Å². The van der Waals surface area contributed by atoms with Crippen LogP contribution in [0.25, 0.3) is 0 Å². The number of nitrogens with zero attached hydrogens (tertiary/aromatic N) is 1. The molecule has 3 rings (SSSR count). The van der Waals surface area contributed by atoms with E-state index in [4.69, 9.17) is 21.1 Å². The van der Waals surface area contributed by atoms with Crippen molar-refractivity contribution in [3.63, 3.8) is 0 Å². The molecule has 1 N–H and O–H groups in total. The molecule has 1 amide bonds. The standard InChI is InChI=1S/C21H22ClFN2O6S/c1-30-18-8-6-15(12-19(18)32(28,29)25-9-3-2-4-10-25)24-20(26)13-31-21(27)16-11-14(22)5-7-17(16)23/h5-8,11-12H,2-4,9-10,13H2,1H3,(H,24,26). The monoisotopic (exact) mass is 484 g/mol. The van der Waals surface area contributed by atoms with Crippen molar-refractivity contribution in [1.29, 1.82) is 0 Å². The highest BCUT2D eigenvalue weighted by Crippen LogP contribution is 2.31. The summed E-state index contributed by atoms with van der Waals surface area (Å²) in [6, 6.07) is 7.57. The Bertz CT molecular complexity index is 1120. The van der Waals surface area contributed by atoms with E-state index in [2.05, 4.69) is 5.32 Å². The second kappa shape index (κ2) is 10.3. The Labute approximate surface area is 190 Å². The van der Waals surface area contributed by atoms with E-state index < -0.39 is 39.9 Å². The highest BCUT2D eigenvalue weighted by Gasteiger charge is 2.29. The number of halogens is 2. The molecule has 1 heterocycles. The first-order valence-corrected chi connectivity index (χ1v) is 11.6. The predicted molar refractivity (Wildman–Crippen MR) is 116 cm³/mol. The van der Waals surface area contributed by atoms with Crippen molar-refractivity contribution in [2.24, 2.45) is 0 Å². The lowest BCUT2D eigenvalue weighted by atomic mass is 10.2. The zero-order valence-electron chi connectivity index (χ0n) is 17.3. The van der Waals surface area contributed by atoms with E-state index in [1.807, 2.05) is 0 Å². The number of hydrogen-bond acceptors (Lipinski definition) is 6. The highest BCUT2D eigenvalue weighted by molar-refractivity contribution is 7.89. The van der Waals surface area contributed by atoms with Crippen molar-refractivity contribution in [3.05, 3.63) is 52.8 Å². The van der Waals surface area contributed by atoms with Gasteiger partial charge in [-0.2, -0.15) is 4.31 Å². The summed E-state index contributed by atoms with van der Waals surface area (Å²) in [6.07, 6.45) is 2.52. The van der Waals surface area contributed by atoms with Gasteiger partial charge in [0, 0.05) is 23.8 Å². The number of amides is 1. The number of benzene rings is 2. The summed E-state index contributed by atoms with van der Waals surface area (Å²) in [4.78, 5) is 24.2. The Hall–Kier alpha value is -2.69. The van der Waals surface area contributed by atoms with Gasteiger partial charge in [0.15, 0.2) is 6.61 Å². The largest absolute Gasteiger partial charge is 0.495 e. The van der Waals surface area contributed by atoms with Gasteiger partial charge in [-0.05, 0) is 49.2 Å². The molecule has 0 aromatic heterocycles. The zero-order valence-corrected chi connectivity index (χ0v) is 18.8. The van der Waals surface area contributed by atoms with Gasteiger partial charge in [0.2, 0.25) is 10.0 Å². The summed E-state index contributed by atoms with van der Waals surface area (Å²) in [5.74, 6) is -2.46. The Morgan fingerprint density at radius 2 is 1.84 bits per heavy atom. The number of hydrogen-bond donors (Lipinski definition) is 1. The molecule has 2 aromatic carbocycles. The maximum Gasteiger partial charge on any atom is 0.341 e. The van der Waals surface area contributed by atoms with Crippen LogP contribution in [-0.4, -0.2) is 51.4 Å². The molecule has 1 aliphatic rings. The normalized spacial score (nSPS) is 14.6. The van der Waals surface area contributed by atoms with E-state index in [9.17, 15) is 22.4 Å². The molecule has 11 heteroatoms. The topological polar surface area (TPSA) is 102 Å². The Morgan fingerprint density at radius 1 is 1.12 bits per heavy atom. The predicted octanol–water partition coefficient (Wildman–Crippen LogP) is 3.46. The number of nitrogens with one attached hydrogen (secondary N) is 1. The minimum atomic E-state index is -3.82. The fraction of sp³-hybridized carbons (Fsp3) is 0.333. The van der Waals surface area contributed by atoms with Crippen LogP contribution in [0, 0.1) is 5.82 Å². The van der Waals surface area contributed by atoms with Gasteiger partial charge in [-0.15, -0.1) is 0 Å². The van der Waals surface area contributed by atoms with Gasteiger partial charge in [-0.25, -0.2) is 17.6 Å². The number of methoxy groups -OCH3 is 1. The van der Waals surface area contributed by atoms with Crippen LogP contribution in [0.2, 0.25) is 5.02 Å². The molecule has 1 saturated heterocycles. The third-order valence-electron chi connectivity index (χ3n) is 4.86. The molecule has 0 aliphatic carbocycles. The summed E-state index contributed by atoms with van der Waals surface area (Å²) in [5, 5.41) is 2.61. The van der Waals surface area contributed by atoms with Crippen LogP contribution in [0.15, 0.2) is 41.3 Å². The molecule has 2 aromatic rings. The smallest absolute Gasteiger partial charge is 0.341 e. The van der Waals surface area contributed by atoms with Crippen molar-refractivity contribution in [2.45, 2.75) is 24.2 Å². The Balaban J connectivity index is 1.70. The molecule has 0 saturated carbocycles. The molecule has 32 heavy (non-hydrogen) atoms. The first-order valence-electron chi connectivity index (χ1n) is 9.82. The lowest BCUT2D eigenvalue weighted by molar-refractivity contribution is -0.119. The zero-order chi connectivity index (χ0) is 23.3. The van der Waals surface area contributed by atoms with E-state index in [1.54, 1.807) is 0 Å². The van der Waals surface area contributed by atoms with Crippen LogP contribution in [0.3, 0.4) is 0 Å². The minimum absolute atomic E-state index is 0.0716. The fourth-order valence-electron chi connectivity index (χ4n) is 3.26. The Morgan fingerprint density at radius 3 is 2.53 bits per heavy atom. The van der Waals surface area contributed by atoms with Crippen LogP contribution in [0.4, 0.5) is 10.1 Å². The van der Waals surface area contributed by atoms with E-state index in [0.717, 1.165) is 31.4 Å². The van der Waals surface area contributed by atoms with Crippen LogP contribution >= 0.6 is 11.6 Å². The first kappa shape index (κ1) is 24.0. The third kappa shape index (κ3) is 5.56. The van der Waals surface area contributed by atoms with Gasteiger partial charge in [0.1, 0.15) is 16.5 Å². The molecule has 8 nitrogen and oxygen atoms in total. The van der Waals surface area contributed by atoms with E-state index in [1.165, 1.54) is 35.7 Å². The second-order valence-electron chi connectivity index (χ2n) is 7.08. The summed E-state index contributed by atoms with van der Waals surface area (Å²) in [6.45, 7) is 0.126. The number of sulfonamides is 1. The maximum atomic E-state index is 13.7. The van der Waals surface area contributed by atoms with Gasteiger partial charge in [-0.3, -0.25) is 4.79 Å². The van der Waals surface area contributed by atoms with Crippen LogP contribution in [0.5, 0.6) is 5.75 Å². The van der Waals surface area contributed by atoms with Gasteiger partial charge in [0.25, 0.3) is 5.91 Å². The quantitative estimate of drug-likeness (QED) is 0.604. The number of esters is 1. The number of rotatable bonds is 7. The lowest BCUT2D eigenvalue weighted by Crippen LogP contribution is -2.35. The van der Waals surface area contributed by atoms with Crippen molar-refractivity contribution in [3.8, 4) is 5.75 Å². The third-order valence-corrected chi connectivity index (χ3v) is 7.02. The molecule has 0 spiro atoms. The lowest BCUT2D eigenvalue weighted by Gasteiger charge is -2.26. The summed E-state index contributed by atoms with van der Waals surface area (Å²) in [5.41, 5.74) is -0.221. The van der Waals surface area contributed by atoms with Gasteiger partial charge < -0.3 is 14.8 Å². The Kier molecular flexibility index (Phi) is 7.70. The van der Waals surface area contributed by atoms with E-state index in [0.29, 0.717) is 13.1 Å². The maximum absolute atomic E-state index is 13.7. The van der Waals surface area contributed by atoms with Crippen molar-refractivity contribution in [1.82, 2.24) is 4.31 Å².